The van der Waals surface area contributed by atoms with E-state index in [4.69, 9.17) is 4.74 Å². The van der Waals surface area contributed by atoms with Crippen LogP contribution in [-0.4, -0.2) is 32.4 Å². The summed E-state index contributed by atoms with van der Waals surface area (Å²) >= 11 is 0. The van der Waals surface area contributed by atoms with Crippen LogP contribution in [0.3, 0.4) is 0 Å². The van der Waals surface area contributed by atoms with Gasteiger partial charge in [0.25, 0.3) is 0 Å². The van der Waals surface area contributed by atoms with Crippen LogP contribution in [0.1, 0.15) is 48.9 Å². The molecule has 0 fully saturated rings. The van der Waals surface area contributed by atoms with Crippen LogP contribution in [0, 0.1) is 5.92 Å². The Labute approximate surface area is 171 Å². The van der Waals surface area contributed by atoms with Gasteiger partial charge in [0.2, 0.25) is 0 Å². The van der Waals surface area contributed by atoms with Crippen LogP contribution in [0.5, 0.6) is 6.01 Å². The number of rotatable bonds is 9. The molecule has 3 rings (SSSR count). The molecule has 29 heavy (non-hydrogen) atoms. The zero-order valence-electron chi connectivity index (χ0n) is 17.1. The van der Waals surface area contributed by atoms with Crippen LogP contribution >= 0.6 is 0 Å². The highest BCUT2D eigenvalue weighted by molar-refractivity contribution is 5.95. The van der Waals surface area contributed by atoms with Gasteiger partial charge in [-0.15, -0.1) is 5.10 Å². The van der Waals surface area contributed by atoms with Gasteiger partial charge < -0.3 is 9.84 Å². The number of carboxylic acids is 1. The zero-order chi connectivity index (χ0) is 20.8. The maximum absolute atomic E-state index is 11.5. The van der Waals surface area contributed by atoms with E-state index in [0.717, 1.165) is 29.8 Å². The van der Waals surface area contributed by atoms with E-state index in [1.807, 2.05) is 41.1 Å². The molecule has 2 aromatic carbocycles. The maximum Gasteiger partial charge on any atom is 0.336 e. The normalized spacial score (nSPS) is 11.0. The molecule has 0 saturated heterocycles. The predicted molar refractivity (Wildman–Crippen MR) is 112 cm³/mol. The van der Waals surface area contributed by atoms with E-state index in [1.54, 1.807) is 12.1 Å². The Morgan fingerprint density at radius 3 is 2.52 bits per heavy atom. The lowest BCUT2D eigenvalue weighted by atomic mass is 9.99. The number of carboxylic acid groups (broad SMARTS) is 1. The molecular formula is C23H27N3O3. The first-order chi connectivity index (χ1) is 14.0. The van der Waals surface area contributed by atoms with E-state index in [0.29, 0.717) is 36.2 Å². The molecule has 1 heterocycles. The summed E-state index contributed by atoms with van der Waals surface area (Å²) in [5.74, 6) is 0.448. The number of hydrogen-bond donors (Lipinski definition) is 1. The SMILES string of the molecule is CCCOc1nc(CC(C)C)n(Cc2ccc(-c3ccccc3C(=O)O)cc2)n1. The largest absolute Gasteiger partial charge is 0.478 e. The Bertz CT molecular complexity index is 962. The molecule has 0 saturated carbocycles. The van der Waals surface area contributed by atoms with E-state index >= 15 is 0 Å². The third-order valence-corrected chi connectivity index (χ3v) is 4.51. The molecule has 0 radical (unpaired) electrons. The molecule has 0 atom stereocenters. The second-order valence-corrected chi connectivity index (χ2v) is 7.46. The summed E-state index contributed by atoms with van der Waals surface area (Å²) in [7, 11) is 0. The van der Waals surface area contributed by atoms with Crippen molar-refractivity contribution in [2.45, 2.75) is 40.2 Å². The molecule has 0 spiro atoms. The second kappa shape index (κ2) is 9.37. The Morgan fingerprint density at radius 1 is 1.14 bits per heavy atom. The smallest absolute Gasteiger partial charge is 0.336 e. The topological polar surface area (TPSA) is 77.2 Å². The van der Waals surface area contributed by atoms with Crippen LogP contribution in [0.25, 0.3) is 11.1 Å². The van der Waals surface area contributed by atoms with Crippen LogP contribution in [-0.2, 0) is 13.0 Å². The van der Waals surface area contributed by atoms with E-state index in [-0.39, 0.29) is 0 Å². The van der Waals surface area contributed by atoms with Crippen molar-refractivity contribution in [1.82, 2.24) is 14.8 Å². The van der Waals surface area contributed by atoms with Gasteiger partial charge in [-0.3, -0.25) is 0 Å². The van der Waals surface area contributed by atoms with Gasteiger partial charge in [-0.25, -0.2) is 9.48 Å². The Morgan fingerprint density at radius 2 is 1.86 bits per heavy atom. The summed E-state index contributed by atoms with van der Waals surface area (Å²) in [6, 6.07) is 15.4. The summed E-state index contributed by atoms with van der Waals surface area (Å²) in [6.07, 6.45) is 1.74. The van der Waals surface area contributed by atoms with Gasteiger partial charge in [0.05, 0.1) is 18.7 Å². The number of ether oxygens (including phenoxy) is 1. The lowest BCUT2D eigenvalue weighted by molar-refractivity contribution is 0.0697. The van der Waals surface area contributed by atoms with Gasteiger partial charge in [0.1, 0.15) is 5.82 Å². The van der Waals surface area contributed by atoms with Crippen molar-refractivity contribution in [2.75, 3.05) is 6.61 Å². The van der Waals surface area contributed by atoms with Gasteiger partial charge in [-0.2, -0.15) is 4.98 Å². The summed E-state index contributed by atoms with van der Waals surface area (Å²) in [4.78, 5) is 16.0. The fourth-order valence-corrected chi connectivity index (χ4v) is 3.13. The lowest BCUT2D eigenvalue weighted by Crippen LogP contribution is -2.09. The second-order valence-electron chi connectivity index (χ2n) is 7.46. The molecule has 0 unspecified atom stereocenters. The molecular weight excluding hydrogens is 366 g/mol. The Kier molecular flexibility index (Phi) is 6.65. The molecule has 0 aliphatic rings. The number of benzene rings is 2. The monoisotopic (exact) mass is 393 g/mol. The maximum atomic E-state index is 11.5. The number of aromatic carboxylic acids is 1. The van der Waals surface area contributed by atoms with Crippen LogP contribution in [0.15, 0.2) is 48.5 Å². The summed E-state index contributed by atoms with van der Waals surface area (Å²) < 4.78 is 7.50. The zero-order valence-corrected chi connectivity index (χ0v) is 17.1. The minimum absolute atomic E-state index is 0.300. The van der Waals surface area contributed by atoms with Gasteiger partial charge in [-0.05, 0) is 35.1 Å². The van der Waals surface area contributed by atoms with E-state index in [2.05, 4.69) is 30.9 Å². The first-order valence-electron chi connectivity index (χ1n) is 9.96. The average molecular weight is 393 g/mol. The van der Waals surface area contributed by atoms with Crippen LogP contribution < -0.4 is 4.74 Å². The molecule has 0 amide bonds. The Balaban J connectivity index is 1.83. The molecule has 1 aromatic heterocycles. The third kappa shape index (κ3) is 5.22. The molecule has 1 N–H and O–H groups in total. The number of hydrogen-bond acceptors (Lipinski definition) is 4. The van der Waals surface area contributed by atoms with Crippen LogP contribution in [0.4, 0.5) is 0 Å². The van der Waals surface area contributed by atoms with Crippen molar-refractivity contribution in [3.63, 3.8) is 0 Å². The molecule has 0 aliphatic carbocycles. The summed E-state index contributed by atoms with van der Waals surface area (Å²) in [5, 5.41) is 13.9. The molecule has 152 valence electrons. The first-order valence-corrected chi connectivity index (χ1v) is 9.96. The molecule has 6 heteroatoms. The highest BCUT2D eigenvalue weighted by Gasteiger charge is 2.14. The number of aromatic nitrogens is 3. The average Bonchev–Trinajstić information content (AvgIpc) is 3.07. The van der Waals surface area contributed by atoms with E-state index in [1.165, 1.54) is 0 Å². The van der Waals surface area contributed by atoms with Gasteiger partial charge in [0.15, 0.2) is 0 Å². The highest BCUT2D eigenvalue weighted by Crippen LogP contribution is 2.24. The summed E-state index contributed by atoms with van der Waals surface area (Å²) in [5.41, 5.74) is 2.95. The molecule has 0 bridgehead atoms. The van der Waals surface area contributed by atoms with Gasteiger partial charge in [0, 0.05) is 6.42 Å². The molecule has 6 nitrogen and oxygen atoms in total. The summed E-state index contributed by atoms with van der Waals surface area (Å²) in [6.45, 7) is 7.55. The van der Waals surface area contributed by atoms with Crippen LogP contribution in [0.2, 0.25) is 0 Å². The highest BCUT2D eigenvalue weighted by atomic mass is 16.5. The Hall–Kier alpha value is -3.15. The van der Waals surface area contributed by atoms with Gasteiger partial charge in [-0.1, -0.05) is 63.2 Å². The third-order valence-electron chi connectivity index (χ3n) is 4.51. The fourth-order valence-electron chi connectivity index (χ4n) is 3.13. The fraction of sp³-hybridized carbons (Fsp3) is 0.348. The van der Waals surface area contributed by atoms with Gasteiger partial charge >= 0.3 is 12.0 Å². The number of carbonyl (C=O) groups is 1. The van der Waals surface area contributed by atoms with E-state index < -0.39 is 5.97 Å². The first kappa shape index (κ1) is 20.6. The minimum Gasteiger partial charge on any atom is -0.478 e. The number of nitrogens with zero attached hydrogens (tertiary/aromatic N) is 3. The quantitative estimate of drug-likeness (QED) is 0.571. The van der Waals surface area contributed by atoms with Crippen molar-refractivity contribution in [1.29, 1.82) is 0 Å². The van der Waals surface area contributed by atoms with Crippen molar-refractivity contribution in [2.24, 2.45) is 5.92 Å². The minimum atomic E-state index is -0.926. The molecule has 0 aliphatic heterocycles. The standard InChI is InChI=1S/C23H27N3O3/c1-4-13-29-23-24-21(14-16(2)3)26(25-23)15-17-9-11-18(12-10-17)19-7-5-6-8-20(19)22(27)28/h5-12,16H,4,13-15H2,1-3H3,(H,27,28). The lowest BCUT2D eigenvalue weighted by Gasteiger charge is -2.09. The van der Waals surface area contributed by atoms with Crippen molar-refractivity contribution >= 4 is 5.97 Å². The molecule has 3 aromatic rings. The van der Waals surface area contributed by atoms with Crippen molar-refractivity contribution in [3.8, 4) is 17.1 Å². The van der Waals surface area contributed by atoms with Crippen molar-refractivity contribution < 1.29 is 14.6 Å². The van der Waals surface area contributed by atoms with E-state index in [9.17, 15) is 9.90 Å². The predicted octanol–water partition coefficient (Wildman–Crippen LogP) is 4.68. The van der Waals surface area contributed by atoms with Crippen molar-refractivity contribution in [3.05, 3.63) is 65.5 Å².